The minimum atomic E-state index is -4.62. The van der Waals surface area contributed by atoms with Crippen molar-refractivity contribution in [2.24, 2.45) is 0 Å². The molecular formula is C17H17F3N2O2. The van der Waals surface area contributed by atoms with Crippen molar-refractivity contribution in [3.05, 3.63) is 46.8 Å². The van der Waals surface area contributed by atoms with Crippen LogP contribution >= 0.6 is 0 Å². The van der Waals surface area contributed by atoms with Gasteiger partial charge in [0.2, 0.25) is 0 Å². The van der Waals surface area contributed by atoms with E-state index in [0.717, 1.165) is 18.9 Å². The fourth-order valence-corrected chi connectivity index (χ4v) is 2.26. The van der Waals surface area contributed by atoms with Gasteiger partial charge in [-0.05, 0) is 38.0 Å². The van der Waals surface area contributed by atoms with Gasteiger partial charge in [0.15, 0.2) is 11.9 Å². The molecule has 1 atom stereocenters. The summed E-state index contributed by atoms with van der Waals surface area (Å²) in [6, 6.07) is 6.61. The second kappa shape index (κ2) is 7.39. The molecule has 0 radical (unpaired) electrons. The summed E-state index contributed by atoms with van der Waals surface area (Å²) < 4.78 is 50.5. The normalized spacial score (nSPS) is 12.7. The van der Waals surface area contributed by atoms with Crippen molar-refractivity contribution in [2.75, 3.05) is 0 Å². The molecule has 0 fully saturated rings. The Morgan fingerprint density at radius 2 is 2.08 bits per heavy atom. The largest absolute Gasteiger partial charge is 0.482 e. The quantitative estimate of drug-likeness (QED) is 0.728. The highest BCUT2D eigenvalue weighted by molar-refractivity contribution is 5.43. The summed E-state index contributed by atoms with van der Waals surface area (Å²) in [4.78, 5) is 0. The fourth-order valence-electron chi connectivity index (χ4n) is 2.26. The van der Waals surface area contributed by atoms with Gasteiger partial charge in [-0.25, -0.2) is 0 Å². The average molecular weight is 338 g/mol. The van der Waals surface area contributed by atoms with Crippen molar-refractivity contribution in [1.82, 2.24) is 5.16 Å². The summed E-state index contributed by atoms with van der Waals surface area (Å²) in [6.07, 6.45) is -3.15. The van der Waals surface area contributed by atoms with E-state index in [-0.39, 0.29) is 11.3 Å². The Labute approximate surface area is 137 Å². The van der Waals surface area contributed by atoms with Gasteiger partial charge in [0.1, 0.15) is 5.75 Å². The third kappa shape index (κ3) is 4.28. The molecule has 1 aromatic carbocycles. The lowest BCUT2D eigenvalue weighted by molar-refractivity contribution is -0.139. The van der Waals surface area contributed by atoms with Crippen LogP contribution in [0.2, 0.25) is 0 Å². The van der Waals surface area contributed by atoms with Crippen molar-refractivity contribution in [1.29, 1.82) is 5.26 Å². The minimum absolute atomic E-state index is 0.0738. The first kappa shape index (κ1) is 17.9. The SMILES string of the molecule is CCCCC(Oc1ccc(C#N)cc1C(F)(F)F)c1cc(C)no1. The third-order valence-electron chi connectivity index (χ3n) is 3.47. The van der Waals surface area contributed by atoms with E-state index < -0.39 is 17.8 Å². The Balaban J connectivity index is 2.36. The van der Waals surface area contributed by atoms with Gasteiger partial charge in [-0.2, -0.15) is 18.4 Å². The number of hydrogen-bond donors (Lipinski definition) is 0. The molecule has 24 heavy (non-hydrogen) atoms. The monoisotopic (exact) mass is 338 g/mol. The van der Waals surface area contributed by atoms with Crippen molar-refractivity contribution in [3.8, 4) is 11.8 Å². The Morgan fingerprint density at radius 3 is 2.62 bits per heavy atom. The van der Waals surface area contributed by atoms with E-state index in [1.54, 1.807) is 19.1 Å². The summed E-state index contributed by atoms with van der Waals surface area (Å²) in [5.41, 5.74) is -0.416. The number of rotatable bonds is 6. The lowest BCUT2D eigenvalue weighted by Crippen LogP contribution is -2.13. The number of alkyl halides is 3. The molecule has 128 valence electrons. The van der Waals surface area contributed by atoms with E-state index in [0.29, 0.717) is 17.9 Å². The van der Waals surface area contributed by atoms with Gasteiger partial charge in [0.05, 0.1) is 22.9 Å². The van der Waals surface area contributed by atoms with Crippen molar-refractivity contribution < 1.29 is 22.4 Å². The number of aromatic nitrogens is 1. The molecule has 1 heterocycles. The van der Waals surface area contributed by atoms with Crippen LogP contribution in [0.4, 0.5) is 13.2 Å². The summed E-state index contributed by atoms with van der Waals surface area (Å²) >= 11 is 0. The van der Waals surface area contributed by atoms with E-state index >= 15 is 0 Å². The van der Waals surface area contributed by atoms with Crippen LogP contribution in [0.1, 0.15) is 54.9 Å². The first-order valence-electron chi connectivity index (χ1n) is 7.56. The predicted molar refractivity (Wildman–Crippen MR) is 80.3 cm³/mol. The van der Waals surface area contributed by atoms with Crippen LogP contribution in [0.3, 0.4) is 0 Å². The lowest BCUT2D eigenvalue weighted by atomic mass is 10.1. The first-order valence-corrected chi connectivity index (χ1v) is 7.56. The number of hydrogen-bond acceptors (Lipinski definition) is 4. The molecule has 2 aromatic rings. The van der Waals surface area contributed by atoms with Gasteiger partial charge in [-0.1, -0.05) is 18.5 Å². The minimum Gasteiger partial charge on any atom is -0.482 e. The number of halogens is 3. The molecular weight excluding hydrogens is 321 g/mol. The molecule has 7 heteroatoms. The highest BCUT2D eigenvalue weighted by Gasteiger charge is 2.35. The maximum Gasteiger partial charge on any atom is 0.420 e. The molecule has 0 spiro atoms. The van der Waals surface area contributed by atoms with Crippen LogP contribution in [0.25, 0.3) is 0 Å². The van der Waals surface area contributed by atoms with Crippen molar-refractivity contribution in [2.45, 2.75) is 45.4 Å². The summed E-state index contributed by atoms with van der Waals surface area (Å²) in [6.45, 7) is 3.71. The number of unbranched alkanes of at least 4 members (excludes halogenated alkanes) is 1. The van der Waals surface area contributed by atoms with Gasteiger partial charge in [-0.15, -0.1) is 0 Å². The number of nitrogens with zero attached hydrogens (tertiary/aromatic N) is 2. The lowest BCUT2D eigenvalue weighted by Gasteiger charge is -2.20. The van der Waals surface area contributed by atoms with Crippen molar-refractivity contribution in [3.63, 3.8) is 0 Å². The van der Waals surface area contributed by atoms with Gasteiger partial charge >= 0.3 is 6.18 Å². The summed E-state index contributed by atoms with van der Waals surface area (Å²) in [7, 11) is 0. The van der Waals surface area contributed by atoms with Crippen LogP contribution in [0, 0.1) is 18.3 Å². The Kier molecular flexibility index (Phi) is 5.50. The van der Waals surface area contributed by atoms with Crippen molar-refractivity contribution >= 4 is 0 Å². The van der Waals surface area contributed by atoms with Crippen LogP contribution < -0.4 is 4.74 Å². The molecule has 0 saturated carbocycles. The maximum atomic E-state index is 13.2. The standard InChI is InChI=1S/C17H17F3N2O2/c1-3-4-5-15(16-8-11(2)22-24-16)23-14-7-6-12(10-21)9-13(14)17(18,19)20/h6-9,15H,3-5H2,1-2H3. The van der Waals surface area contributed by atoms with Crippen LogP contribution in [0.15, 0.2) is 28.8 Å². The molecule has 0 amide bonds. The molecule has 0 bridgehead atoms. The Bertz CT molecular complexity index is 732. The fraction of sp³-hybridized carbons (Fsp3) is 0.412. The molecule has 1 aromatic heterocycles. The first-order chi connectivity index (χ1) is 11.3. The maximum absolute atomic E-state index is 13.2. The highest BCUT2D eigenvalue weighted by atomic mass is 19.4. The Morgan fingerprint density at radius 1 is 1.33 bits per heavy atom. The van der Waals surface area contributed by atoms with Gasteiger partial charge in [0.25, 0.3) is 0 Å². The smallest absolute Gasteiger partial charge is 0.420 e. The number of aryl methyl sites for hydroxylation is 1. The zero-order valence-electron chi connectivity index (χ0n) is 13.4. The van der Waals surface area contributed by atoms with Gasteiger partial charge in [-0.3, -0.25) is 0 Å². The molecule has 2 rings (SSSR count). The molecule has 0 aliphatic heterocycles. The Hall–Kier alpha value is -2.49. The zero-order chi connectivity index (χ0) is 17.7. The van der Waals surface area contributed by atoms with Crippen LogP contribution in [-0.4, -0.2) is 5.16 Å². The zero-order valence-corrected chi connectivity index (χ0v) is 13.4. The molecule has 0 aliphatic rings. The average Bonchev–Trinajstić information content (AvgIpc) is 2.97. The topological polar surface area (TPSA) is 59.0 Å². The van der Waals surface area contributed by atoms with E-state index in [2.05, 4.69) is 5.16 Å². The van der Waals surface area contributed by atoms with E-state index in [1.165, 1.54) is 12.1 Å². The summed E-state index contributed by atoms with van der Waals surface area (Å²) in [5, 5.41) is 12.6. The molecule has 1 unspecified atom stereocenters. The second-order valence-corrected chi connectivity index (χ2v) is 5.44. The molecule has 0 saturated heterocycles. The highest BCUT2D eigenvalue weighted by Crippen LogP contribution is 2.39. The molecule has 0 aliphatic carbocycles. The van der Waals surface area contributed by atoms with Gasteiger partial charge in [0, 0.05) is 6.07 Å². The van der Waals surface area contributed by atoms with Gasteiger partial charge < -0.3 is 9.26 Å². The van der Waals surface area contributed by atoms with Crippen LogP contribution in [-0.2, 0) is 6.18 Å². The van der Waals surface area contributed by atoms with Crippen LogP contribution in [0.5, 0.6) is 5.75 Å². The molecule has 4 nitrogen and oxygen atoms in total. The third-order valence-corrected chi connectivity index (χ3v) is 3.47. The predicted octanol–water partition coefficient (Wildman–Crippen LogP) is 5.18. The van der Waals surface area contributed by atoms with E-state index in [1.807, 2.05) is 6.92 Å². The summed E-state index contributed by atoms with van der Waals surface area (Å²) in [5.74, 6) is 0.0649. The number of benzene rings is 1. The van der Waals surface area contributed by atoms with E-state index in [4.69, 9.17) is 14.5 Å². The molecule has 0 N–H and O–H groups in total. The number of nitriles is 1. The van der Waals surface area contributed by atoms with E-state index in [9.17, 15) is 13.2 Å². The number of ether oxygens (including phenoxy) is 1. The second-order valence-electron chi connectivity index (χ2n) is 5.44.